The summed E-state index contributed by atoms with van der Waals surface area (Å²) in [6.07, 6.45) is 0.738. The number of benzene rings is 2. The lowest BCUT2D eigenvalue weighted by molar-refractivity contribution is 0.428. The van der Waals surface area contributed by atoms with Gasteiger partial charge in [0.2, 0.25) is 5.88 Å². The van der Waals surface area contributed by atoms with E-state index in [9.17, 15) is 5.11 Å². The number of rotatable bonds is 3. The largest absolute Gasteiger partial charge is 0.493 e. The number of aryl methyl sites for hydroxylation is 1. The van der Waals surface area contributed by atoms with Gasteiger partial charge in [0.15, 0.2) is 0 Å². The summed E-state index contributed by atoms with van der Waals surface area (Å²) in [6, 6.07) is 17.9. The van der Waals surface area contributed by atoms with E-state index >= 15 is 0 Å². The second kappa shape index (κ2) is 5.44. The van der Waals surface area contributed by atoms with Crippen molar-refractivity contribution in [3.8, 4) is 22.8 Å². The lowest BCUT2D eigenvalue weighted by Crippen LogP contribution is -1.96. The highest BCUT2D eigenvalue weighted by atomic mass is 16.3. The van der Waals surface area contributed by atoms with Crippen molar-refractivity contribution in [3.05, 3.63) is 65.7 Å². The standard InChI is InChI=1S/C18H18N2O/c1-3-16-17(14-7-5-4-6-8-14)19-20(18(16)21)15-11-9-13(2)10-12-15/h4-12,21H,3H2,1-2H3. The van der Waals surface area contributed by atoms with Crippen molar-refractivity contribution in [2.24, 2.45) is 0 Å². The Morgan fingerprint density at radius 1 is 1.00 bits per heavy atom. The van der Waals surface area contributed by atoms with Gasteiger partial charge in [0.25, 0.3) is 0 Å². The fraction of sp³-hybridized carbons (Fsp3) is 0.167. The second-order valence-corrected chi connectivity index (χ2v) is 5.12. The first kappa shape index (κ1) is 13.4. The molecule has 0 radical (unpaired) electrons. The number of aromatic hydroxyl groups is 1. The average molecular weight is 278 g/mol. The monoisotopic (exact) mass is 278 g/mol. The molecule has 0 saturated carbocycles. The zero-order valence-electron chi connectivity index (χ0n) is 12.2. The summed E-state index contributed by atoms with van der Waals surface area (Å²) in [6.45, 7) is 4.07. The fourth-order valence-electron chi connectivity index (χ4n) is 2.46. The first-order valence-electron chi connectivity index (χ1n) is 7.14. The van der Waals surface area contributed by atoms with Gasteiger partial charge in [-0.05, 0) is 25.5 Å². The molecule has 3 heteroatoms. The van der Waals surface area contributed by atoms with Gasteiger partial charge in [0, 0.05) is 11.1 Å². The van der Waals surface area contributed by atoms with Gasteiger partial charge in [0.05, 0.1) is 11.4 Å². The Kier molecular flexibility index (Phi) is 3.48. The summed E-state index contributed by atoms with van der Waals surface area (Å²) in [5.74, 6) is 0.222. The quantitative estimate of drug-likeness (QED) is 0.782. The molecule has 2 aromatic carbocycles. The summed E-state index contributed by atoms with van der Waals surface area (Å²) in [7, 11) is 0. The highest BCUT2D eigenvalue weighted by Crippen LogP contribution is 2.32. The van der Waals surface area contributed by atoms with E-state index in [0.29, 0.717) is 0 Å². The van der Waals surface area contributed by atoms with Crippen LogP contribution in [0.5, 0.6) is 5.88 Å². The minimum atomic E-state index is 0.222. The molecule has 0 fully saturated rings. The van der Waals surface area contributed by atoms with E-state index in [1.54, 1.807) is 4.68 Å². The van der Waals surface area contributed by atoms with Gasteiger partial charge in [-0.1, -0.05) is 55.0 Å². The van der Waals surface area contributed by atoms with Crippen LogP contribution in [0.2, 0.25) is 0 Å². The van der Waals surface area contributed by atoms with Crippen LogP contribution in [-0.2, 0) is 6.42 Å². The summed E-state index contributed by atoms with van der Waals surface area (Å²) in [5, 5.41) is 15.1. The van der Waals surface area contributed by atoms with Crippen molar-refractivity contribution in [1.29, 1.82) is 0 Å². The normalized spacial score (nSPS) is 10.8. The molecule has 0 aliphatic carbocycles. The molecular weight excluding hydrogens is 260 g/mol. The molecule has 0 saturated heterocycles. The van der Waals surface area contributed by atoms with Crippen molar-refractivity contribution < 1.29 is 5.11 Å². The van der Waals surface area contributed by atoms with Crippen LogP contribution in [0.1, 0.15) is 18.1 Å². The second-order valence-electron chi connectivity index (χ2n) is 5.12. The van der Waals surface area contributed by atoms with Crippen molar-refractivity contribution >= 4 is 0 Å². The van der Waals surface area contributed by atoms with Crippen molar-refractivity contribution in [1.82, 2.24) is 9.78 Å². The maximum absolute atomic E-state index is 10.5. The minimum Gasteiger partial charge on any atom is -0.493 e. The van der Waals surface area contributed by atoms with E-state index in [2.05, 4.69) is 5.10 Å². The maximum atomic E-state index is 10.5. The summed E-state index contributed by atoms with van der Waals surface area (Å²) >= 11 is 0. The van der Waals surface area contributed by atoms with Crippen LogP contribution in [0.15, 0.2) is 54.6 Å². The Bertz CT molecular complexity index is 743. The smallest absolute Gasteiger partial charge is 0.218 e. The molecule has 106 valence electrons. The third kappa shape index (κ3) is 2.42. The Morgan fingerprint density at radius 3 is 2.29 bits per heavy atom. The Hall–Kier alpha value is -2.55. The molecule has 1 aromatic heterocycles. The van der Waals surface area contributed by atoms with Gasteiger partial charge >= 0.3 is 0 Å². The number of hydrogen-bond donors (Lipinski definition) is 1. The van der Waals surface area contributed by atoms with Crippen LogP contribution in [0.25, 0.3) is 16.9 Å². The molecule has 0 aliphatic rings. The van der Waals surface area contributed by atoms with Crippen molar-refractivity contribution in [2.45, 2.75) is 20.3 Å². The molecule has 1 N–H and O–H groups in total. The third-order valence-electron chi connectivity index (χ3n) is 3.64. The Balaban J connectivity index is 2.16. The summed E-state index contributed by atoms with van der Waals surface area (Å²) in [4.78, 5) is 0. The van der Waals surface area contributed by atoms with Gasteiger partial charge in [0.1, 0.15) is 0 Å². The average Bonchev–Trinajstić information content (AvgIpc) is 2.86. The van der Waals surface area contributed by atoms with Gasteiger partial charge < -0.3 is 5.11 Å². The van der Waals surface area contributed by atoms with Crippen LogP contribution in [-0.4, -0.2) is 14.9 Å². The van der Waals surface area contributed by atoms with Gasteiger partial charge in [-0.2, -0.15) is 5.10 Å². The molecule has 0 atom stereocenters. The van der Waals surface area contributed by atoms with Crippen LogP contribution in [0, 0.1) is 6.92 Å². The van der Waals surface area contributed by atoms with E-state index in [0.717, 1.165) is 28.9 Å². The first-order chi connectivity index (χ1) is 10.2. The fourth-order valence-corrected chi connectivity index (χ4v) is 2.46. The molecule has 0 spiro atoms. The topological polar surface area (TPSA) is 38.0 Å². The van der Waals surface area contributed by atoms with E-state index in [-0.39, 0.29) is 5.88 Å². The highest BCUT2D eigenvalue weighted by Gasteiger charge is 2.17. The van der Waals surface area contributed by atoms with Gasteiger partial charge in [-0.3, -0.25) is 0 Å². The van der Waals surface area contributed by atoms with Gasteiger partial charge in [-0.25, -0.2) is 4.68 Å². The third-order valence-corrected chi connectivity index (χ3v) is 3.64. The highest BCUT2D eigenvalue weighted by molar-refractivity contribution is 5.66. The molecule has 0 unspecified atom stereocenters. The molecule has 3 aromatic rings. The Morgan fingerprint density at radius 2 is 1.67 bits per heavy atom. The first-order valence-corrected chi connectivity index (χ1v) is 7.14. The number of hydrogen-bond acceptors (Lipinski definition) is 2. The zero-order valence-corrected chi connectivity index (χ0v) is 12.2. The summed E-state index contributed by atoms with van der Waals surface area (Å²) in [5.41, 5.74) is 4.80. The van der Waals surface area contributed by atoms with E-state index in [1.807, 2.05) is 68.4 Å². The van der Waals surface area contributed by atoms with Crippen LogP contribution >= 0.6 is 0 Å². The van der Waals surface area contributed by atoms with Crippen LogP contribution < -0.4 is 0 Å². The minimum absolute atomic E-state index is 0.222. The molecule has 1 heterocycles. The lowest BCUT2D eigenvalue weighted by Gasteiger charge is -2.03. The number of nitrogens with zero attached hydrogens (tertiary/aromatic N) is 2. The van der Waals surface area contributed by atoms with E-state index in [4.69, 9.17) is 0 Å². The van der Waals surface area contributed by atoms with Crippen LogP contribution in [0.4, 0.5) is 0 Å². The molecule has 0 amide bonds. The summed E-state index contributed by atoms with van der Waals surface area (Å²) < 4.78 is 1.61. The predicted octanol–water partition coefficient (Wildman–Crippen LogP) is 4.12. The predicted molar refractivity (Wildman–Crippen MR) is 84.8 cm³/mol. The molecular formula is C18H18N2O. The van der Waals surface area contributed by atoms with Crippen LogP contribution in [0.3, 0.4) is 0 Å². The van der Waals surface area contributed by atoms with Crippen molar-refractivity contribution in [2.75, 3.05) is 0 Å². The molecule has 0 aliphatic heterocycles. The zero-order chi connectivity index (χ0) is 14.8. The number of aromatic nitrogens is 2. The van der Waals surface area contributed by atoms with E-state index in [1.165, 1.54) is 5.56 Å². The molecule has 3 nitrogen and oxygen atoms in total. The molecule has 3 rings (SSSR count). The van der Waals surface area contributed by atoms with Crippen molar-refractivity contribution in [3.63, 3.8) is 0 Å². The molecule has 0 bridgehead atoms. The lowest BCUT2D eigenvalue weighted by atomic mass is 10.1. The van der Waals surface area contributed by atoms with Gasteiger partial charge in [-0.15, -0.1) is 0 Å². The molecule has 21 heavy (non-hydrogen) atoms. The Labute approximate surface area is 124 Å². The van der Waals surface area contributed by atoms with E-state index < -0.39 is 0 Å². The maximum Gasteiger partial charge on any atom is 0.218 e. The SMILES string of the molecule is CCc1c(-c2ccccc2)nn(-c2ccc(C)cc2)c1O.